The topological polar surface area (TPSA) is 15.3 Å². The zero-order valence-electron chi connectivity index (χ0n) is 13.6. The molecule has 108 valence electrons. The van der Waals surface area contributed by atoms with Gasteiger partial charge in [0.05, 0.1) is 0 Å². The van der Waals surface area contributed by atoms with Crippen molar-refractivity contribution in [3.63, 3.8) is 0 Å². The van der Waals surface area contributed by atoms with Crippen LogP contribution < -0.4 is 5.32 Å². The predicted molar refractivity (Wildman–Crippen MR) is 80.9 cm³/mol. The van der Waals surface area contributed by atoms with Gasteiger partial charge in [-0.3, -0.25) is 4.90 Å². The average Bonchev–Trinajstić information content (AvgIpc) is 2.35. The molecule has 0 bridgehead atoms. The molecule has 1 heterocycles. The minimum Gasteiger partial charge on any atom is -0.311 e. The molecule has 4 unspecified atom stereocenters. The molecule has 0 aromatic heterocycles. The molecular weight excluding hydrogens is 220 g/mol. The summed E-state index contributed by atoms with van der Waals surface area (Å²) in [5.74, 6) is 0.785. The van der Waals surface area contributed by atoms with E-state index in [-0.39, 0.29) is 0 Å². The van der Waals surface area contributed by atoms with Crippen molar-refractivity contribution in [2.45, 2.75) is 79.4 Å². The third-order valence-electron chi connectivity index (χ3n) is 4.90. The van der Waals surface area contributed by atoms with E-state index in [0.29, 0.717) is 23.5 Å². The van der Waals surface area contributed by atoms with Crippen molar-refractivity contribution < 1.29 is 0 Å². The van der Waals surface area contributed by atoms with Gasteiger partial charge in [-0.15, -0.1) is 0 Å². The van der Waals surface area contributed by atoms with Crippen LogP contribution in [0, 0.1) is 11.3 Å². The molecule has 0 amide bonds. The number of hydrogen-bond donors (Lipinski definition) is 1. The molecule has 0 aromatic rings. The first-order valence-electron chi connectivity index (χ1n) is 7.80. The first-order valence-corrected chi connectivity index (χ1v) is 7.80. The van der Waals surface area contributed by atoms with Gasteiger partial charge < -0.3 is 5.32 Å². The highest BCUT2D eigenvalue weighted by Crippen LogP contribution is 2.28. The smallest absolute Gasteiger partial charge is 0.0249 e. The van der Waals surface area contributed by atoms with E-state index < -0.39 is 0 Å². The summed E-state index contributed by atoms with van der Waals surface area (Å²) in [6.07, 6.45) is 2.53. The third-order valence-corrected chi connectivity index (χ3v) is 4.90. The second kappa shape index (κ2) is 6.38. The van der Waals surface area contributed by atoms with Crippen LogP contribution in [-0.4, -0.2) is 36.1 Å². The van der Waals surface area contributed by atoms with Crippen LogP contribution in [0.15, 0.2) is 0 Å². The summed E-state index contributed by atoms with van der Waals surface area (Å²) in [6.45, 7) is 18.8. The van der Waals surface area contributed by atoms with Crippen LogP contribution >= 0.6 is 0 Å². The molecule has 0 spiro atoms. The number of nitrogens with zero attached hydrogens (tertiary/aromatic N) is 1. The normalized spacial score (nSPS) is 30.2. The number of hydrogen-bond acceptors (Lipinski definition) is 2. The van der Waals surface area contributed by atoms with Crippen molar-refractivity contribution in [1.82, 2.24) is 10.2 Å². The van der Waals surface area contributed by atoms with Crippen LogP contribution in [0.4, 0.5) is 0 Å². The number of rotatable bonds is 4. The van der Waals surface area contributed by atoms with Gasteiger partial charge in [0.25, 0.3) is 0 Å². The van der Waals surface area contributed by atoms with Crippen molar-refractivity contribution in [2.75, 3.05) is 13.1 Å². The molecule has 4 atom stereocenters. The quantitative estimate of drug-likeness (QED) is 0.826. The van der Waals surface area contributed by atoms with E-state index in [1.165, 1.54) is 19.4 Å². The molecule has 1 saturated heterocycles. The van der Waals surface area contributed by atoms with Gasteiger partial charge in [0.1, 0.15) is 0 Å². The lowest BCUT2D eigenvalue weighted by Gasteiger charge is -2.49. The van der Waals surface area contributed by atoms with Gasteiger partial charge >= 0.3 is 0 Å². The standard InChI is InChI=1S/C16H34N2/c1-8-12(3)14-10-17-15(16(5,6)7)11-18(14)13(4)9-2/h12-15,17H,8-11H2,1-7H3. The lowest BCUT2D eigenvalue weighted by molar-refractivity contribution is 0.0290. The Morgan fingerprint density at radius 3 is 2.22 bits per heavy atom. The van der Waals surface area contributed by atoms with Gasteiger partial charge in [-0.05, 0) is 24.7 Å². The van der Waals surface area contributed by atoms with Crippen LogP contribution in [0.1, 0.15) is 61.3 Å². The van der Waals surface area contributed by atoms with E-state index in [0.717, 1.165) is 12.5 Å². The molecule has 1 aliphatic heterocycles. The molecule has 2 heteroatoms. The Morgan fingerprint density at radius 1 is 1.17 bits per heavy atom. The van der Waals surface area contributed by atoms with Crippen molar-refractivity contribution in [1.29, 1.82) is 0 Å². The largest absolute Gasteiger partial charge is 0.311 e. The van der Waals surface area contributed by atoms with Crippen LogP contribution in [0.2, 0.25) is 0 Å². The molecule has 0 aromatic carbocycles. The van der Waals surface area contributed by atoms with Gasteiger partial charge in [-0.2, -0.15) is 0 Å². The van der Waals surface area contributed by atoms with Gasteiger partial charge in [0, 0.05) is 31.2 Å². The fourth-order valence-corrected chi connectivity index (χ4v) is 2.91. The Hall–Kier alpha value is -0.0800. The molecule has 0 aliphatic carbocycles. The van der Waals surface area contributed by atoms with Crippen molar-refractivity contribution >= 4 is 0 Å². The lowest BCUT2D eigenvalue weighted by Crippen LogP contribution is -2.63. The van der Waals surface area contributed by atoms with E-state index in [1.54, 1.807) is 0 Å². The maximum atomic E-state index is 3.79. The van der Waals surface area contributed by atoms with E-state index in [1.807, 2.05) is 0 Å². The lowest BCUT2D eigenvalue weighted by atomic mass is 9.82. The molecule has 1 N–H and O–H groups in total. The highest BCUT2D eigenvalue weighted by atomic mass is 15.3. The van der Waals surface area contributed by atoms with E-state index in [4.69, 9.17) is 0 Å². The Balaban J connectivity index is 2.79. The SMILES string of the molecule is CCC(C)C1CNC(C(C)(C)C)CN1C(C)CC. The van der Waals surface area contributed by atoms with Crippen LogP contribution in [0.3, 0.4) is 0 Å². The zero-order valence-corrected chi connectivity index (χ0v) is 13.6. The summed E-state index contributed by atoms with van der Waals surface area (Å²) < 4.78 is 0. The van der Waals surface area contributed by atoms with Gasteiger partial charge in [0.15, 0.2) is 0 Å². The molecule has 2 nitrogen and oxygen atoms in total. The predicted octanol–water partition coefficient (Wildman–Crippen LogP) is 3.52. The van der Waals surface area contributed by atoms with Crippen LogP contribution in [-0.2, 0) is 0 Å². The van der Waals surface area contributed by atoms with Crippen LogP contribution in [0.25, 0.3) is 0 Å². The minimum atomic E-state index is 0.353. The van der Waals surface area contributed by atoms with Crippen LogP contribution in [0.5, 0.6) is 0 Å². The van der Waals surface area contributed by atoms with E-state index >= 15 is 0 Å². The zero-order chi connectivity index (χ0) is 13.9. The summed E-state index contributed by atoms with van der Waals surface area (Å²) >= 11 is 0. The molecular formula is C16H34N2. The fourth-order valence-electron chi connectivity index (χ4n) is 2.91. The first kappa shape index (κ1) is 16.0. The first-order chi connectivity index (χ1) is 8.31. The summed E-state index contributed by atoms with van der Waals surface area (Å²) in [5, 5.41) is 3.79. The van der Waals surface area contributed by atoms with E-state index in [2.05, 4.69) is 58.7 Å². The minimum absolute atomic E-state index is 0.353. The van der Waals surface area contributed by atoms with Crippen molar-refractivity contribution in [3.8, 4) is 0 Å². The Bertz CT molecular complexity index is 244. The molecule has 0 saturated carbocycles. The summed E-state index contributed by atoms with van der Waals surface area (Å²) in [5.41, 5.74) is 0.353. The fraction of sp³-hybridized carbons (Fsp3) is 1.00. The van der Waals surface area contributed by atoms with Crippen molar-refractivity contribution in [3.05, 3.63) is 0 Å². The van der Waals surface area contributed by atoms with Gasteiger partial charge in [-0.1, -0.05) is 48.0 Å². The maximum absolute atomic E-state index is 3.79. The van der Waals surface area contributed by atoms with E-state index in [9.17, 15) is 0 Å². The molecule has 18 heavy (non-hydrogen) atoms. The Morgan fingerprint density at radius 2 is 1.78 bits per heavy atom. The summed E-state index contributed by atoms with van der Waals surface area (Å²) in [7, 11) is 0. The second-order valence-electron chi connectivity index (χ2n) is 7.23. The summed E-state index contributed by atoms with van der Waals surface area (Å²) in [4.78, 5) is 2.76. The molecule has 1 rings (SSSR count). The Kier molecular flexibility index (Phi) is 5.67. The molecule has 0 radical (unpaired) electrons. The highest BCUT2D eigenvalue weighted by Gasteiger charge is 2.37. The molecule has 1 aliphatic rings. The summed E-state index contributed by atoms with van der Waals surface area (Å²) in [6, 6.07) is 2.03. The van der Waals surface area contributed by atoms with Gasteiger partial charge in [-0.25, -0.2) is 0 Å². The Labute approximate surface area is 115 Å². The number of piperazine rings is 1. The van der Waals surface area contributed by atoms with Crippen molar-refractivity contribution in [2.24, 2.45) is 11.3 Å². The monoisotopic (exact) mass is 254 g/mol. The number of nitrogens with one attached hydrogen (secondary N) is 1. The highest BCUT2D eigenvalue weighted by molar-refractivity contribution is 4.94. The average molecular weight is 254 g/mol. The second-order valence-corrected chi connectivity index (χ2v) is 7.23. The van der Waals surface area contributed by atoms with Gasteiger partial charge in [0.2, 0.25) is 0 Å². The molecule has 1 fully saturated rings. The maximum Gasteiger partial charge on any atom is 0.0249 e. The third kappa shape index (κ3) is 3.71.